The summed E-state index contributed by atoms with van der Waals surface area (Å²) in [6, 6.07) is 7.03. The minimum absolute atomic E-state index is 0.0334. The molecule has 1 atom stereocenters. The van der Waals surface area contributed by atoms with Crippen LogP contribution in [-0.2, 0) is 16.1 Å². The number of benzene rings is 1. The molecule has 0 aliphatic carbocycles. The lowest BCUT2D eigenvalue weighted by Gasteiger charge is -2.37. The highest BCUT2D eigenvalue weighted by atomic mass is 16.5. The first-order valence-electron chi connectivity index (χ1n) is 7.35. The highest BCUT2D eigenvalue weighted by Gasteiger charge is 2.39. The number of hydrogen-bond acceptors (Lipinski definition) is 5. The zero-order valence-electron chi connectivity index (χ0n) is 13.2. The second-order valence-electron chi connectivity index (χ2n) is 5.94. The monoisotopic (exact) mass is 306 g/mol. The van der Waals surface area contributed by atoms with Crippen molar-refractivity contribution in [1.82, 2.24) is 9.96 Å². The number of methoxy groups -OCH3 is 1. The van der Waals surface area contributed by atoms with Gasteiger partial charge in [0.2, 0.25) is 0 Å². The largest absolute Gasteiger partial charge is 0.497 e. The van der Waals surface area contributed by atoms with Gasteiger partial charge in [0, 0.05) is 6.54 Å². The van der Waals surface area contributed by atoms with Crippen LogP contribution in [0.2, 0.25) is 0 Å². The molecule has 1 aliphatic rings. The van der Waals surface area contributed by atoms with Crippen molar-refractivity contribution < 1.29 is 19.5 Å². The third kappa shape index (κ3) is 3.64. The standard InChI is InChI=1S/C16H22N2O4/c1-11(2)8-14-16(20)18(21)15(19)10-17(14)9-12-4-6-13(22-3)7-5-12/h4-7,11,14,21H,8-10H2,1-3H3/t14-/m0/s1. The van der Waals surface area contributed by atoms with E-state index in [1.54, 1.807) is 7.11 Å². The Hall–Kier alpha value is -1.92. The van der Waals surface area contributed by atoms with Crippen molar-refractivity contribution in [3.8, 4) is 5.75 Å². The zero-order chi connectivity index (χ0) is 16.3. The Morgan fingerprint density at radius 1 is 1.27 bits per heavy atom. The predicted molar refractivity (Wildman–Crippen MR) is 80.3 cm³/mol. The van der Waals surface area contributed by atoms with E-state index in [4.69, 9.17) is 4.74 Å². The quantitative estimate of drug-likeness (QED) is 0.662. The van der Waals surface area contributed by atoms with E-state index >= 15 is 0 Å². The number of amides is 2. The minimum Gasteiger partial charge on any atom is -0.497 e. The van der Waals surface area contributed by atoms with Crippen molar-refractivity contribution in [2.24, 2.45) is 5.92 Å². The number of carbonyl (C=O) groups is 2. The summed E-state index contributed by atoms with van der Waals surface area (Å²) in [7, 11) is 1.60. The van der Waals surface area contributed by atoms with Gasteiger partial charge in [-0.05, 0) is 30.0 Å². The first kappa shape index (κ1) is 16.5. The molecule has 0 aromatic heterocycles. The molecule has 1 heterocycles. The van der Waals surface area contributed by atoms with Gasteiger partial charge >= 0.3 is 0 Å². The summed E-state index contributed by atoms with van der Waals surface area (Å²) in [5, 5.41) is 9.83. The molecule has 0 saturated carbocycles. The number of carbonyl (C=O) groups excluding carboxylic acids is 2. The summed E-state index contributed by atoms with van der Waals surface area (Å²) in [6.45, 7) is 4.53. The van der Waals surface area contributed by atoms with Crippen LogP contribution in [0.15, 0.2) is 24.3 Å². The van der Waals surface area contributed by atoms with Gasteiger partial charge in [-0.25, -0.2) is 0 Å². The SMILES string of the molecule is COc1ccc(CN2CC(=O)N(O)C(=O)[C@@H]2CC(C)C)cc1. The molecule has 6 heteroatoms. The minimum atomic E-state index is -0.585. The molecule has 2 amide bonds. The van der Waals surface area contributed by atoms with Crippen LogP contribution in [0.3, 0.4) is 0 Å². The van der Waals surface area contributed by atoms with Crippen molar-refractivity contribution in [3.05, 3.63) is 29.8 Å². The summed E-state index contributed by atoms with van der Waals surface area (Å²) in [4.78, 5) is 25.7. The molecule has 1 aromatic carbocycles. The summed E-state index contributed by atoms with van der Waals surface area (Å²) in [6.07, 6.45) is 0.597. The number of piperazine rings is 1. The van der Waals surface area contributed by atoms with Gasteiger partial charge in [-0.3, -0.25) is 19.7 Å². The Bertz CT molecular complexity index is 542. The first-order chi connectivity index (χ1) is 10.4. The van der Waals surface area contributed by atoms with E-state index in [1.807, 2.05) is 43.0 Å². The number of hydrogen-bond donors (Lipinski definition) is 1. The van der Waals surface area contributed by atoms with Crippen LogP contribution >= 0.6 is 0 Å². The molecule has 1 saturated heterocycles. The van der Waals surface area contributed by atoms with Crippen molar-refractivity contribution in [2.75, 3.05) is 13.7 Å². The van der Waals surface area contributed by atoms with Crippen LogP contribution in [0.1, 0.15) is 25.8 Å². The lowest BCUT2D eigenvalue weighted by molar-refractivity contribution is -0.192. The lowest BCUT2D eigenvalue weighted by Crippen LogP contribution is -2.58. The first-order valence-corrected chi connectivity index (χ1v) is 7.35. The molecule has 1 fully saturated rings. The average Bonchev–Trinajstić information content (AvgIpc) is 2.49. The van der Waals surface area contributed by atoms with Crippen LogP contribution in [0.25, 0.3) is 0 Å². The molecular formula is C16H22N2O4. The Morgan fingerprint density at radius 3 is 2.45 bits per heavy atom. The van der Waals surface area contributed by atoms with E-state index in [1.165, 1.54) is 0 Å². The van der Waals surface area contributed by atoms with Crippen LogP contribution in [0.4, 0.5) is 0 Å². The Kier molecular flexibility index (Phi) is 5.15. The van der Waals surface area contributed by atoms with Crippen molar-refractivity contribution >= 4 is 11.8 Å². The van der Waals surface area contributed by atoms with Gasteiger partial charge in [-0.15, -0.1) is 0 Å². The second-order valence-corrected chi connectivity index (χ2v) is 5.94. The van der Waals surface area contributed by atoms with Crippen LogP contribution in [-0.4, -0.2) is 46.7 Å². The smallest absolute Gasteiger partial charge is 0.270 e. The number of rotatable bonds is 5. The maximum Gasteiger partial charge on any atom is 0.270 e. The average molecular weight is 306 g/mol. The van der Waals surface area contributed by atoms with Gasteiger partial charge in [0.1, 0.15) is 5.75 Å². The summed E-state index contributed by atoms with van der Waals surface area (Å²) in [5.74, 6) is -0.0827. The number of hydroxylamine groups is 2. The van der Waals surface area contributed by atoms with E-state index < -0.39 is 17.9 Å². The van der Waals surface area contributed by atoms with E-state index in [-0.39, 0.29) is 17.5 Å². The van der Waals surface area contributed by atoms with Crippen molar-refractivity contribution in [2.45, 2.75) is 32.9 Å². The Balaban J connectivity index is 2.16. The second kappa shape index (κ2) is 6.89. The van der Waals surface area contributed by atoms with Crippen LogP contribution in [0.5, 0.6) is 5.75 Å². The summed E-state index contributed by atoms with van der Waals surface area (Å²) < 4.78 is 5.12. The molecule has 0 radical (unpaired) electrons. The van der Waals surface area contributed by atoms with Gasteiger partial charge in [-0.1, -0.05) is 26.0 Å². The molecule has 0 spiro atoms. The maximum atomic E-state index is 12.2. The van der Waals surface area contributed by atoms with Gasteiger partial charge in [-0.2, -0.15) is 5.06 Å². The molecule has 22 heavy (non-hydrogen) atoms. The highest BCUT2D eigenvalue weighted by molar-refractivity contribution is 5.99. The van der Waals surface area contributed by atoms with E-state index in [0.29, 0.717) is 13.0 Å². The van der Waals surface area contributed by atoms with E-state index in [9.17, 15) is 14.8 Å². The lowest BCUT2D eigenvalue weighted by atomic mass is 9.99. The molecule has 2 rings (SSSR count). The van der Waals surface area contributed by atoms with E-state index in [0.717, 1.165) is 11.3 Å². The van der Waals surface area contributed by atoms with Crippen molar-refractivity contribution in [3.63, 3.8) is 0 Å². The molecule has 0 bridgehead atoms. The van der Waals surface area contributed by atoms with Crippen molar-refractivity contribution in [1.29, 1.82) is 0 Å². The number of ether oxygens (including phenoxy) is 1. The fraction of sp³-hybridized carbons (Fsp3) is 0.500. The molecule has 120 valence electrons. The molecular weight excluding hydrogens is 284 g/mol. The molecule has 1 aromatic rings. The third-order valence-electron chi connectivity index (χ3n) is 3.75. The predicted octanol–water partition coefficient (Wildman–Crippen LogP) is 1.67. The Morgan fingerprint density at radius 2 is 1.91 bits per heavy atom. The van der Waals surface area contributed by atoms with Gasteiger partial charge < -0.3 is 4.74 Å². The Labute approximate surface area is 130 Å². The van der Waals surface area contributed by atoms with Crippen LogP contribution < -0.4 is 4.74 Å². The van der Waals surface area contributed by atoms with Crippen LogP contribution in [0, 0.1) is 5.92 Å². The number of imide groups is 1. The molecule has 6 nitrogen and oxygen atoms in total. The van der Waals surface area contributed by atoms with Gasteiger partial charge in [0.05, 0.1) is 19.7 Å². The topological polar surface area (TPSA) is 70.1 Å². The molecule has 1 aliphatic heterocycles. The number of nitrogens with zero attached hydrogens (tertiary/aromatic N) is 2. The third-order valence-corrected chi connectivity index (χ3v) is 3.75. The highest BCUT2D eigenvalue weighted by Crippen LogP contribution is 2.21. The fourth-order valence-corrected chi connectivity index (χ4v) is 2.60. The maximum absolute atomic E-state index is 12.2. The van der Waals surface area contributed by atoms with Gasteiger partial charge in [0.25, 0.3) is 11.8 Å². The molecule has 1 N–H and O–H groups in total. The normalized spacial score (nSPS) is 19.9. The summed E-state index contributed by atoms with van der Waals surface area (Å²) in [5.41, 5.74) is 0.988. The zero-order valence-corrected chi connectivity index (χ0v) is 13.2. The van der Waals surface area contributed by atoms with E-state index in [2.05, 4.69) is 0 Å². The summed E-state index contributed by atoms with van der Waals surface area (Å²) >= 11 is 0. The van der Waals surface area contributed by atoms with Gasteiger partial charge in [0.15, 0.2) is 0 Å². The molecule has 0 unspecified atom stereocenters. The fourth-order valence-electron chi connectivity index (χ4n) is 2.60.